The lowest BCUT2D eigenvalue weighted by Crippen LogP contribution is -2.21. The van der Waals surface area contributed by atoms with Crippen molar-refractivity contribution in [2.45, 2.75) is 113 Å². The topological polar surface area (TPSA) is 65.0 Å². The van der Waals surface area contributed by atoms with Gasteiger partial charge in [-0.2, -0.15) is 0 Å². The predicted molar refractivity (Wildman–Crippen MR) is 177 cm³/mol. The standard InChI is InChI=1S/C35H52O5S2/c1-4-5-6-7-8-9-10-11-14-23-40-34-30(27-17-12-13-18-27)21-16-22-31(34)35(32(36)25-41-26-33(37)39-3)42-29-20-15-19-28(24-29)38-2/h15-16,19-22,24,27,32,35-36H,4-14,17-18,23,25-26H2,1-3H3. The van der Waals surface area contributed by atoms with Crippen molar-refractivity contribution in [2.24, 2.45) is 0 Å². The van der Waals surface area contributed by atoms with E-state index in [0.29, 0.717) is 18.3 Å². The van der Waals surface area contributed by atoms with Gasteiger partial charge in [0.25, 0.3) is 0 Å². The van der Waals surface area contributed by atoms with E-state index in [2.05, 4.69) is 31.2 Å². The molecule has 0 bridgehead atoms. The normalized spacial score (nSPS) is 15.0. The third kappa shape index (κ3) is 11.7. The molecule has 0 amide bonds. The summed E-state index contributed by atoms with van der Waals surface area (Å²) in [7, 11) is 3.07. The predicted octanol–water partition coefficient (Wildman–Crippen LogP) is 9.36. The summed E-state index contributed by atoms with van der Waals surface area (Å²) in [6.45, 7) is 2.96. The van der Waals surface area contributed by atoms with E-state index in [9.17, 15) is 9.90 Å². The van der Waals surface area contributed by atoms with E-state index < -0.39 is 6.10 Å². The van der Waals surface area contributed by atoms with Gasteiger partial charge in [0, 0.05) is 16.2 Å². The fraction of sp³-hybridized carbons (Fsp3) is 0.629. The van der Waals surface area contributed by atoms with Crippen LogP contribution < -0.4 is 9.47 Å². The third-order valence-electron chi connectivity index (χ3n) is 8.06. The zero-order valence-corrected chi connectivity index (χ0v) is 27.6. The van der Waals surface area contributed by atoms with E-state index >= 15 is 0 Å². The van der Waals surface area contributed by atoms with Gasteiger partial charge < -0.3 is 19.3 Å². The highest BCUT2D eigenvalue weighted by Crippen LogP contribution is 2.47. The Morgan fingerprint density at radius 2 is 1.64 bits per heavy atom. The van der Waals surface area contributed by atoms with Crippen LogP contribution in [0.25, 0.3) is 0 Å². The first-order valence-electron chi connectivity index (χ1n) is 16.0. The molecule has 5 nitrogen and oxygen atoms in total. The van der Waals surface area contributed by atoms with Crippen molar-refractivity contribution in [2.75, 3.05) is 32.3 Å². The largest absolute Gasteiger partial charge is 0.497 e. The highest BCUT2D eigenvalue weighted by molar-refractivity contribution is 8.00. The summed E-state index contributed by atoms with van der Waals surface area (Å²) in [5.41, 5.74) is 2.32. The van der Waals surface area contributed by atoms with Crippen LogP contribution >= 0.6 is 23.5 Å². The molecule has 1 fully saturated rings. The summed E-state index contributed by atoms with van der Waals surface area (Å²) < 4.78 is 17.0. The quantitative estimate of drug-likeness (QED) is 0.0851. The molecule has 2 unspecified atom stereocenters. The second-order valence-corrected chi connectivity index (χ2v) is 13.5. The fourth-order valence-corrected chi connectivity index (χ4v) is 7.85. The Hall–Kier alpha value is -1.83. The van der Waals surface area contributed by atoms with Gasteiger partial charge in [0.2, 0.25) is 0 Å². The number of carbonyl (C=O) groups is 1. The molecule has 0 aromatic heterocycles. The van der Waals surface area contributed by atoms with Crippen molar-refractivity contribution in [1.29, 1.82) is 0 Å². The number of para-hydroxylation sites is 1. The average molecular weight is 617 g/mol. The number of thioether (sulfide) groups is 2. The molecule has 0 aliphatic heterocycles. The number of hydrogen-bond acceptors (Lipinski definition) is 7. The fourth-order valence-electron chi connectivity index (χ4n) is 5.69. The molecule has 3 rings (SSSR count). The minimum Gasteiger partial charge on any atom is -0.497 e. The molecule has 1 aliphatic rings. The Kier molecular flexibility index (Phi) is 16.7. The molecular weight excluding hydrogens is 565 g/mol. The summed E-state index contributed by atoms with van der Waals surface area (Å²) in [6, 6.07) is 14.5. The van der Waals surface area contributed by atoms with Gasteiger partial charge in [0.1, 0.15) is 11.5 Å². The van der Waals surface area contributed by atoms with Crippen LogP contribution in [0.15, 0.2) is 47.4 Å². The summed E-state index contributed by atoms with van der Waals surface area (Å²) in [6.07, 6.45) is 15.7. The number of esters is 1. The van der Waals surface area contributed by atoms with E-state index in [0.717, 1.165) is 28.4 Å². The van der Waals surface area contributed by atoms with Crippen molar-refractivity contribution in [3.05, 3.63) is 53.6 Å². The maximum Gasteiger partial charge on any atom is 0.315 e. The number of carbonyl (C=O) groups excluding carboxylic acids is 1. The number of hydrogen-bond donors (Lipinski definition) is 1. The Balaban J connectivity index is 1.78. The molecule has 2 aromatic rings. The maximum atomic E-state index is 11.7. The van der Waals surface area contributed by atoms with Gasteiger partial charge in [-0.1, -0.05) is 95.4 Å². The van der Waals surface area contributed by atoms with Crippen LogP contribution in [0.2, 0.25) is 0 Å². The first kappa shape index (κ1) is 34.7. The second-order valence-electron chi connectivity index (χ2n) is 11.3. The monoisotopic (exact) mass is 616 g/mol. The molecule has 2 aromatic carbocycles. The summed E-state index contributed by atoms with van der Waals surface area (Å²) in [5, 5.41) is 11.3. The second kappa shape index (κ2) is 20.2. The van der Waals surface area contributed by atoms with Crippen LogP contribution in [0.4, 0.5) is 0 Å². The molecule has 0 heterocycles. The molecule has 0 spiro atoms. The molecule has 234 valence electrons. The summed E-state index contributed by atoms with van der Waals surface area (Å²) in [4.78, 5) is 12.8. The lowest BCUT2D eigenvalue weighted by atomic mass is 9.93. The van der Waals surface area contributed by atoms with Crippen LogP contribution in [0.1, 0.15) is 113 Å². The van der Waals surface area contributed by atoms with Crippen molar-refractivity contribution >= 4 is 29.5 Å². The molecule has 42 heavy (non-hydrogen) atoms. The Bertz CT molecular complexity index is 1040. The zero-order valence-electron chi connectivity index (χ0n) is 26.0. The van der Waals surface area contributed by atoms with Gasteiger partial charge >= 0.3 is 5.97 Å². The number of aliphatic hydroxyl groups excluding tert-OH is 1. The van der Waals surface area contributed by atoms with Gasteiger partial charge in [0.05, 0.1) is 37.9 Å². The average Bonchev–Trinajstić information content (AvgIpc) is 3.56. The Morgan fingerprint density at radius 1 is 0.952 bits per heavy atom. The summed E-state index contributed by atoms with van der Waals surface area (Å²) >= 11 is 3.03. The first-order chi connectivity index (χ1) is 20.6. The van der Waals surface area contributed by atoms with Gasteiger partial charge in [-0.15, -0.1) is 23.5 Å². The Labute approximate surface area is 262 Å². The first-order valence-corrected chi connectivity index (χ1v) is 18.0. The van der Waals surface area contributed by atoms with Gasteiger partial charge in [-0.3, -0.25) is 4.79 Å². The van der Waals surface area contributed by atoms with Crippen LogP contribution in [0.5, 0.6) is 11.5 Å². The van der Waals surface area contributed by atoms with E-state index in [4.69, 9.17) is 14.2 Å². The third-order valence-corrected chi connectivity index (χ3v) is 10.4. The molecule has 1 N–H and O–H groups in total. The number of methoxy groups -OCH3 is 2. The zero-order chi connectivity index (χ0) is 30.0. The molecule has 0 radical (unpaired) electrons. The van der Waals surface area contributed by atoms with Crippen molar-refractivity contribution < 1.29 is 24.1 Å². The Morgan fingerprint density at radius 3 is 2.33 bits per heavy atom. The van der Waals surface area contributed by atoms with E-state index in [1.54, 1.807) is 18.9 Å². The number of ether oxygens (including phenoxy) is 3. The molecule has 1 aliphatic carbocycles. The molecule has 7 heteroatoms. The maximum absolute atomic E-state index is 11.7. The molecular formula is C35H52O5S2. The van der Waals surface area contributed by atoms with E-state index in [1.807, 2.05) is 18.2 Å². The number of aliphatic hydroxyl groups is 1. The lowest BCUT2D eigenvalue weighted by Gasteiger charge is -2.27. The minimum absolute atomic E-state index is 0.216. The van der Waals surface area contributed by atoms with Gasteiger partial charge in [-0.05, 0) is 48.9 Å². The van der Waals surface area contributed by atoms with Crippen LogP contribution in [-0.2, 0) is 9.53 Å². The highest BCUT2D eigenvalue weighted by atomic mass is 32.2. The minimum atomic E-state index is -0.690. The van der Waals surface area contributed by atoms with E-state index in [1.165, 1.54) is 101 Å². The SMILES string of the molecule is CCCCCCCCCCCOc1c(C2CCCC2)cccc1C(Sc1cccc(OC)c1)C(O)CSCC(=O)OC. The van der Waals surface area contributed by atoms with Crippen LogP contribution in [0.3, 0.4) is 0 Å². The molecule has 0 saturated heterocycles. The number of unbranched alkanes of at least 4 members (excludes halogenated alkanes) is 8. The van der Waals surface area contributed by atoms with E-state index in [-0.39, 0.29) is 17.0 Å². The van der Waals surface area contributed by atoms with Crippen molar-refractivity contribution in [3.63, 3.8) is 0 Å². The van der Waals surface area contributed by atoms with Gasteiger partial charge in [-0.25, -0.2) is 0 Å². The van der Waals surface area contributed by atoms with Crippen LogP contribution in [0, 0.1) is 0 Å². The highest BCUT2D eigenvalue weighted by Gasteiger charge is 2.30. The molecule has 1 saturated carbocycles. The van der Waals surface area contributed by atoms with Crippen molar-refractivity contribution in [1.82, 2.24) is 0 Å². The number of rotatable bonds is 21. The summed E-state index contributed by atoms with van der Waals surface area (Å²) in [5.74, 6) is 2.60. The number of benzene rings is 2. The van der Waals surface area contributed by atoms with Crippen molar-refractivity contribution in [3.8, 4) is 11.5 Å². The van der Waals surface area contributed by atoms with Gasteiger partial charge in [0.15, 0.2) is 0 Å². The molecule has 2 atom stereocenters. The lowest BCUT2D eigenvalue weighted by molar-refractivity contribution is -0.137. The van der Waals surface area contributed by atoms with Crippen LogP contribution in [-0.4, -0.2) is 49.5 Å². The smallest absolute Gasteiger partial charge is 0.315 e.